The predicted octanol–water partition coefficient (Wildman–Crippen LogP) is -0.459. The number of hydrogen-bond donors (Lipinski definition) is 1. The summed E-state index contributed by atoms with van der Waals surface area (Å²) in [4.78, 5) is 0. The smallest absolute Gasteiger partial charge is 0.277 e. The van der Waals surface area contributed by atoms with E-state index in [-0.39, 0.29) is 17.4 Å². The second-order valence-electron chi connectivity index (χ2n) is 1.76. The Balaban J connectivity index is 0. The fourth-order valence-electron chi connectivity index (χ4n) is 0.577. The molecule has 0 aromatic carbocycles. The van der Waals surface area contributed by atoms with Crippen LogP contribution in [0.4, 0.5) is 0 Å². The van der Waals surface area contributed by atoms with Crippen LogP contribution in [-0.4, -0.2) is 41.7 Å². The zero-order chi connectivity index (χ0) is 7.33. The van der Waals surface area contributed by atoms with E-state index in [9.17, 15) is 0 Å². The van der Waals surface area contributed by atoms with Crippen molar-refractivity contribution in [1.29, 1.82) is 0 Å². The Labute approximate surface area is 72.5 Å². The maximum Gasteiger partial charge on any atom is 0.277 e. The molecular formula is C6H17AlO3. The van der Waals surface area contributed by atoms with Gasteiger partial charge >= 0.3 is 0 Å². The monoisotopic (exact) mass is 164 g/mol. The van der Waals surface area contributed by atoms with Crippen molar-refractivity contribution < 1.29 is 14.6 Å². The lowest BCUT2D eigenvalue weighted by atomic mass is 10.6. The van der Waals surface area contributed by atoms with Gasteiger partial charge in [0.2, 0.25) is 0 Å². The zero-order valence-corrected chi connectivity index (χ0v) is 6.18. The number of ether oxygens (including phenoxy) is 2. The van der Waals surface area contributed by atoms with Gasteiger partial charge in [0.15, 0.2) is 17.4 Å². The van der Waals surface area contributed by atoms with Crippen molar-refractivity contribution in [3.8, 4) is 0 Å². The average molecular weight is 164 g/mol. The Morgan fingerprint density at radius 3 is 1.70 bits per heavy atom. The molecule has 0 rings (SSSR count). The van der Waals surface area contributed by atoms with Gasteiger partial charge in [0.1, 0.15) is 0 Å². The molecule has 0 aromatic rings. The molecule has 0 amide bonds. The van der Waals surface area contributed by atoms with Crippen molar-refractivity contribution in [3.05, 3.63) is 0 Å². The van der Waals surface area contributed by atoms with Gasteiger partial charge in [-0.25, -0.2) is 0 Å². The maximum absolute atomic E-state index is 9.07. The van der Waals surface area contributed by atoms with Gasteiger partial charge in [-0.15, -0.1) is 0 Å². The molecule has 0 heterocycles. The van der Waals surface area contributed by atoms with Gasteiger partial charge in [0, 0.05) is 20.1 Å². The van der Waals surface area contributed by atoms with Crippen LogP contribution in [-0.2, 0) is 9.47 Å². The molecule has 0 radical (unpaired) electrons. The highest BCUT2D eigenvalue weighted by Crippen LogP contribution is 2.05. The number of rotatable bonds is 4. The first kappa shape index (κ1) is 13.0. The third-order valence-corrected chi connectivity index (χ3v) is 0.824. The summed E-state index contributed by atoms with van der Waals surface area (Å²) in [6, 6.07) is 0. The van der Waals surface area contributed by atoms with E-state index in [1.54, 1.807) is 13.8 Å². The molecule has 0 bridgehead atoms. The van der Waals surface area contributed by atoms with Crippen molar-refractivity contribution in [2.24, 2.45) is 0 Å². The fraction of sp³-hybridized carbons (Fsp3) is 1.00. The predicted molar refractivity (Wildman–Crippen MR) is 43.8 cm³/mol. The van der Waals surface area contributed by atoms with Crippen LogP contribution >= 0.6 is 0 Å². The molecule has 0 saturated carbocycles. The summed E-state index contributed by atoms with van der Waals surface area (Å²) in [6.07, 6.45) is 0. The molecule has 1 N–H and O–H groups in total. The van der Waals surface area contributed by atoms with E-state index >= 15 is 0 Å². The van der Waals surface area contributed by atoms with Crippen molar-refractivity contribution in [2.45, 2.75) is 26.7 Å². The Hall–Kier alpha value is 0.412. The quantitative estimate of drug-likeness (QED) is 0.451. The summed E-state index contributed by atoms with van der Waals surface area (Å²) in [5.74, 6) is -1.40. The molecule has 0 fully saturated rings. The van der Waals surface area contributed by atoms with Gasteiger partial charge in [-0.3, -0.25) is 0 Å². The van der Waals surface area contributed by atoms with Crippen molar-refractivity contribution >= 4 is 17.4 Å². The van der Waals surface area contributed by atoms with Gasteiger partial charge in [-0.2, -0.15) is 0 Å². The van der Waals surface area contributed by atoms with Crippen LogP contribution in [0.25, 0.3) is 0 Å². The second kappa shape index (κ2) is 6.14. The molecule has 4 heteroatoms. The molecule has 62 valence electrons. The van der Waals surface area contributed by atoms with Gasteiger partial charge in [0.05, 0.1) is 0 Å². The molecule has 0 atom stereocenters. The molecule has 3 nitrogen and oxygen atoms in total. The summed E-state index contributed by atoms with van der Waals surface area (Å²) >= 11 is 0. The SMILES string of the molecule is CCOC(C)(O)OCC.[AlH3]. The lowest BCUT2D eigenvalue weighted by Gasteiger charge is -2.21. The first-order valence-corrected chi connectivity index (χ1v) is 3.12. The van der Waals surface area contributed by atoms with Crippen LogP contribution in [0.15, 0.2) is 0 Å². The summed E-state index contributed by atoms with van der Waals surface area (Å²) < 4.78 is 9.61. The van der Waals surface area contributed by atoms with Crippen molar-refractivity contribution in [1.82, 2.24) is 0 Å². The summed E-state index contributed by atoms with van der Waals surface area (Å²) in [7, 11) is 0. The lowest BCUT2D eigenvalue weighted by Crippen LogP contribution is -2.31. The average Bonchev–Trinajstić information content (AvgIpc) is 1.64. The van der Waals surface area contributed by atoms with Crippen LogP contribution in [0, 0.1) is 0 Å². The highest BCUT2D eigenvalue weighted by molar-refractivity contribution is 5.75. The fourth-order valence-corrected chi connectivity index (χ4v) is 0.577. The molecule has 0 aromatic heterocycles. The van der Waals surface area contributed by atoms with E-state index in [1.165, 1.54) is 6.92 Å². The number of hydrogen-bond acceptors (Lipinski definition) is 3. The van der Waals surface area contributed by atoms with Gasteiger partial charge in [-0.05, 0) is 13.8 Å². The topological polar surface area (TPSA) is 38.7 Å². The molecule has 10 heavy (non-hydrogen) atoms. The van der Waals surface area contributed by atoms with Crippen molar-refractivity contribution in [2.75, 3.05) is 13.2 Å². The van der Waals surface area contributed by atoms with Crippen LogP contribution in [0.3, 0.4) is 0 Å². The third-order valence-electron chi connectivity index (χ3n) is 0.824. The Morgan fingerprint density at radius 1 is 1.20 bits per heavy atom. The molecule has 0 spiro atoms. The Bertz CT molecular complexity index is 67.4. The normalized spacial score (nSPS) is 10.8. The number of aliphatic hydroxyl groups is 1. The molecule has 0 aliphatic heterocycles. The van der Waals surface area contributed by atoms with Gasteiger partial charge < -0.3 is 14.6 Å². The van der Waals surface area contributed by atoms with E-state index in [2.05, 4.69) is 0 Å². The minimum Gasteiger partial charge on any atom is -0.344 e. The molecular weight excluding hydrogens is 147 g/mol. The third kappa shape index (κ3) is 6.53. The first-order chi connectivity index (χ1) is 4.12. The minimum atomic E-state index is -1.40. The maximum atomic E-state index is 9.07. The highest BCUT2D eigenvalue weighted by atomic mass is 27.0. The summed E-state index contributed by atoms with van der Waals surface area (Å²) in [6.45, 7) is 5.97. The van der Waals surface area contributed by atoms with E-state index in [1.807, 2.05) is 0 Å². The minimum absolute atomic E-state index is 0. The standard InChI is InChI=1S/C6H14O3.Al.3H/c1-4-8-6(3,7)9-5-2;;;;/h7H,4-5H2,1-3H3;;;;. The van der Waals surface area contributed by atoms with E-state index in [0.29, 0.717) is 13.2 Å². The molecule has 0 aliphatic carbocycles. The van der Waals surface area contributed by atoms with Crippen LogP contribution in [0.1, 0.15) is 20.8 Å². The lowest BCUT2D eigenvalue weighted by molar-refractivity contribution is -0.345. The van der Waals surface area contributed by atoms with E-state index in [0.717, 1.165) is 0 Å². The van der Waals surface area contributed by atoms with Gasteiger partial charge in [0.25, 0.3) is 5.97 Å². The van der Waals surface area contributed by atoms with Crippen LogP contribution < -0.4 is 0 Å². The van der Waals surface area contributed by atoms with E-state index in [4.69, 9.17) is 14.6 Å². The highest BCUT2D eigenvalue weighted by Gasteiger charge is 2.18. The summed E-state index contributed by atoms with van der Waals surface area (Å²) in [5, 5.41) is 9.07. The molecule has 0 unspecified atom stereocenters. The second-order valence-corrected chi connectivity index (χ2v) is 1.76. The molecule has 0 aliphatic rings. The van der Waals surface area contributed by atoms with Gasteiger partial charge in [-0.1, -0.05) is 0 Å². The molecule has 0 saturated heterocycles. The van der Waals surface area contributed by atoms with Crippen molar-refractivity contribution in [3.63, 3.8) is 0 Å². The largest absolute Gasteiger partial charge is 0.344 e. The summed E-state index contributed by atoms with van der Waals surface area (Å²) in [5.41, 5.74) is 0. The van der Waals surface area contributed by atoms with Crippen LogP contribution in [0.5, 0.6) is 0 Å². The van der Waals surface area contributed by atoms with E-state index < -0.39 is 5.97 Å². The first-order valence-electron chi connectivity index (χ1n) is 3.12. The Kier molecular flexibility index (Phi) is 8.01. The zero-order valence-electron chi connectivity index (χ0n) is 6.18. The Morgan fingerprint density at radius 2 is 1.50 bits per heavy atom. The van der Waals surface area contributed by atoms with Crippen LogP contribution in [0.2, 0.25) is 0 Å².